The SMILES string of the molecule is CO[C@H]1O[C@@H]2CO[C@@H](c3ccccc3)O[C@H]2[C@H](O[C@H]2O[C@H](COC(C)=O)[C@@H](OC(C)=O)[C@H](OC(C)=O)[C@H]2N=[N+]=[N-])[C@H]1OCc1ccccc1. The molecule has 0 radical (unpaired) electrons. The van der Waals surface area contributed by atoms with Gasteiger partial charge in [0, 0.05) is 38.4 Å². The Labute approximate surface area is 282 Å². The van der Waals surface area contributed by atoms with E-state index in [0.29, 0.717) is 0 Å². The number of ether oxygens (including phenoxy) is 10. The number of benzene rings is 2. The predicted octanol–water partition coefficient (Wildman–Crippen LogP) is 3.27. The van der Waals surface area contributed by atoms with E-state index in [0.717, 1.165) is 25.0 Å². The van der Waals surface area contributed by atoms with Gasteiger partial charge < -0.3 is 47.4 Å². The molecule has 0 N–H and O–H groups in total. The van der Waals surface area contributed by atoms with Crippen molar-refractivity contribution in [3.63, 3.8) is 0 Å². The molecule has 0 aliphatic carbocycles. The maximum Gasteiger partial charge on any atom is 0.303 e. The van der Waals surface area contributed by atoms with E-state index in [1.807, 2.05) is 60.7 Å². The molecule has 3 heterocycles. The number of carbonyl (C=O) groups is 3. The normalized spacial score (nSPS) is 32.5. The van der Waals surface area contributed by atoms with E-state index in [9.17, 15) is 19.9 Å². The van der Waals surface area contributed by atoms with Gasteiger partial charge in [0.15, 0.2) is 31.1 Å². The fourth-order valence-corrected chi connectivity index (χ4v) is 5.95. The fraction of sp³-hybridized carbons (Fsp3) is 0.545. The minimum Gasteiger partial charge on any atom is -0.463 e. The van der Waals surface area contributed by atoms with Crippen molar-refractivity contribution in [1.29, 1.82) is 0 Å². The van der Waals surface area contributed by atoms with Gasteiger partial charge in [-0.1, -0.05) is 65.8 Å². The van der Waals surface area contributed by atoms with E-state index < -0.39 is 92.2 Å². The Balaban J connectivity index is 1.53. The number of carbonyl (C=O) groups excluding carboxylic acids is 3. The highest BCUT2D eigenvalue weighted by Crippen LogP contribution is 2.39. The van der Waals surface area contributed by atoms with Gasteiger partial charge in [-0.2, -0.15) is 0 Å². The number of fused-ring (bicyclic) bond motifs is 1. The van der Waals surface area contributed by atoms with Crippen LogP contribution in [0, 0.1) is 0 Å². The monoisotopic (exact) mass is 685 g/mol. The summed E-state index contributed by atoms with van der Waals surface area (Å²) in [5.41, 5.74) is 11.2. The number of nitrogens with zero attached hydrogens (tertiary/aromatic N) is 3. The third-order valence-corrected chi connectivity index (χ3v) is 8.02. The third-order valence-electron chi connectivity index (χ3n) is 8.02. The van der Waals surface area contributed by atoms with E-state index >= 15 is 0 Å². The zero-order valence-electron chi connectivity index (χ0n) is 27.4. The van der Waals surface area contributed by atoms with Crippen LogP contribution in [0.15, 0.2) is 65.8 Å². The number of rotatable bonds is 12. The van der Waals surface area contributed by atoms with Crippen molar-refractivity contribution in [1.82, 2.24) is 0 Å². The van der Waals surface area contributed by atoms with Gasteiger partial charge in [-0.25, -0.2) is 0 Å². The first-order valence-electron chi connectivity index (χ1n) is 15.7. The molecule has 0 unspecified atom stereocenters. The molecule has 2 aromatic rings. The van der Waals surface area contributed by atoms with Crippen molar-refractivity contribution in [2.24, 2.45) is 5.11 Å². The first-order valence-corrected chi connectivity index (χ1v) is 15.7. The molecule has 2 aromatic carbocycles. The third kappa shape index (κ3) is 9.12. The van der Waals surface area contributed by atoms with Crippen LogP contribution in [-0.4, -0.2) is 99.6 Å². The van der Waals surface area contributed by atoms with Crippen molar-refractivity contribution in [3.8, 4) is 0 Å². The molecule has 3 aliphatic heterocycles. The van der Waals surface area contributed by atoms with Gasteiger partial charge in [0.1, 0.15) is 43.2 Å². The van der Waals surface area contributed by atoms with E-state index in [1.165, 1.54) is 14.0 Å². The average Bonchev–Trinajstić information content (AvgIpc) is 3.09. The predicted molar refractivity (Wildman–Crippen MR) is 165 cm³/mol. The lowest BCUT2D eigenvalue weighted by Gasteiger charge is -2.51. The van der Waals surface area contributed by atoms with Gasteiger partial charge in [-0.3, -0.25) is 14.4 Å². The van der Waals surface area contributed by atoms with Crippen LogP contribution in [0.5, 0.6) is 0 Å². The molecule has 11 atom stereocenters. The maximum atomic E-state index is 12.3. The first kappa shape index (κ1) is 36.2. The summed E-state index contributed by atoms with van der Waals surface area (Å²) in [6, 6.07) is 17.3. The molecule has 0 amide bonds. The highest BCUT2D eigenvalue weighted by atomic mass is 16.8. The van der Waals surface area contributed by atoms with Crippen LogP contribution >= 0.6 is 0 Å². The minimum atomic E-state index is -1.47. The van der Waals surface area contributed by atoms with E-state index in [4.69, 9.17) is 47.4 Å². The molecule has 0 saturated carbocycles. The zero-order valence-corrected chi connectivity index (χ0v) is 27.4. The van der Waals surface area contributed by atoms with Crippen LogP contribution in [0.3, 0.4) is 0 Å². The summed E-state index contributed by atoms with van der Waals surface area (Å²) in [7, 11) is 1.45. The second-order valence-corrected chi connectivity index (χ2v) is 11.5. The van der Waals surface area contributed by atoms with Crippen LogP contribution < -0.4 is 0 Å². The van der Waals surface area contributed by atoms with Crippen molar-refractivity contribution in [3.05, 3.63) is 82.2 Å². The Morgan fingerprint density at radius 2 is 1.51 bits per heavy atom. The van der Waals surface area contributed by atoms with Crippen molar-refractivity contribution < 1.29 is 61.8 Å². The molecule has 3 fully saturated rings. The zero-order chi connectivity index (χ0) is 34.9. The topological polar surface area (TPSA) is 192 Å². The first-order chi connectivity index (χ1) is 23.7. The number of azide groups is 1. The molecular formula is C33H39N3O13. The van der Waals surface area contributed by atoms with Gasteiger partial charge in [0.05, 0.1) is 13.2 Å². The standard InChI is InChI=1S/C33H39N3O13/c1-18(37)41-16-23-26(44-19(2)38)28(45-20(3)39)25(35-36-34)32(46-23)49-29-27-24(17-43-31(48-27)22-13-9-6-10-14-22)47-33(40-4)30(29)42-15-21-11-7-5-8-12-21/h5-14,23-33H,15-17H2,1-4H3/t23-,24-,25-,26-,27-,28-,29+,30-,31-,32-,33+/m1/s1. The lowest BCUT2D eigenvalue weighted by Crippen LogP contribution is -2.67. The molecule has 0 spiro atoms. The van der Waals surface area contributed by atoms with Crippen molar-refractivity contribution in [2.45, 2.75) is 95.0 Å². The number of hydrogen-bond donors (Lipinski definition) is 0. The second kappa shape index (κ2) is 17.0. The molecule has 5 rings (SSSR count). The number of esters is 3. The highest BCUT2D eigenvalue weighted by molar-refractivity contribution is 5.68. The Morgan fingerprint density at radius 3 is 2.14 bits per heavy atom. The Hall–Kier alpha value is -4.12. The van der Waals surface area contributed by atoms with Crippen LogP contribution in [0.2, 0.25) is 0 Å². The summed E-state index contributed by atoms with van der Waals surface area (Å²) >= 11 is 0. The number of hydrogen-bond acceptors (Lipinski definition) is 14. The molecule has 3 aliphatic rings. The number of methoxy groups -OCH3 is 1. The fourth-order valence-electron chi connectivity index (χ4n) is 5.95. The summed E-state index contributed by atoms with van der Waals surface area (Å²) in [5.74, 6) is -2.15. The Bertz CT molecular complexity index is 1450. The largest absolute Gasteiger partial charge is 0.463 e. The van der Waals surface area contributed by atoms with Crippen molar-refractivity contribution in [2.75, 3.05) is 20.3 Å². The summed E-state index contributed by atoms with van der Waals surface area (Å²) in [6.07, 6.45) is -10.8. The molecule has 3 saturated heterocycles. The molecule has 16 nitrogen and oxygen atoms in total. The summed E-state index contributed by atoms with van der Waals surface area (Å²) in [4.78, 5) is 39.2. The molecule has 49 heavy (non-hydrogen) atoms. The van der Waals surface area contributed by atoms with Crippen LogP contribution in [0.4, 0.5) is 0 Å². The van der Waals surface area contributed by atoms with Gasteiger partial charge in [-0.15, -0.1) is 0 Å². The highest BCUT2D eigenvalue weighted by Gasteiger charge is 2.56. The Morgan fingerprint density at radius 1 is 0.837 bits per heavy atom. The van der Waals surface area contributed by atoms with E-state index in [1.54, 1.807) is 0 Å². The molecule has 16 heteroatoms. The lowest BCUT2D eigenvalue weighted by atomic mass is 9.94. The average molecular weight is 686 g/mol. The van der Waals surface area contributed by atoms with Crippen LogP contribution in [-0.2, 0) is 68.4 Å². The molecule has 0 bridgehead atoms. The van der Waals surface area contributed by atoms with Crippen LogP contribution in [0.1, 0.15) is 38.2 Å². The lowest BCUT2D eigenvalue weighted by molar-refractivity contribution is -0.388. The van der Waals surface area contributed by atoms with Crippen molar-refractivity contribution >= 4 is 17.9 Å². The quantitative estimate of drug-likeness (QED) is 0.104. The Kier molecular flexibility index (Phi) is 12.6. The molecule has 264 valence electrons. The molecule has 0 aromatic heterocycles. The smallest absolute Gasteiger partial charge is 0.303 e. The summed E-state index contributed by atoms with van der Waals surface area (Å²) < 4.78 is 60.0. The maximum absolute atomic E-state index is 12.3. The summed E-state index contributed by atoms with van der Waals surface area (Å²) in [6.45, 7) is 3.30. The van der Waals surface area contributed by atoms with Gasteiger partial charge in [0.25, 0.3) is 0 Å². The van der Waals surface area contributed by atoms with E-state index in [2.05, 4.69) is 10.0 Å². The van der Waals surface area contributed by atoms with Gasteiger partial charge in [-0.05, 0) is 11.1 Å². The van der Waals surface area contributed by atoms with Gasteiger partial charge >= 0.3 is 17.9 Å². The van der Waals surface area contributed by atoms with Gasteiger partial charge in [0.2, 0.25) is 0 Å². The molecular weight excluding hydrogens is 646 g/mol. The minimum absolute atomic E-state index is 0.0975. The van der Waals surface area contributed by atoms with E-state index in [-0.39, 0.29) is 13.2 Å². The van der Waals surface area contributed by atoms with Crippen LogP contribution in [0.25, 0.3) is 10.4 Å². The summed E-state index contributed by atoms with van der Waals surface area (Å²) in [5, 5.41) is 3.86. The second-order valence-electron chi connectivity index (χ2n) is 11.5.